The molecule has 0 atom stereocenters. The summed E-state index contributed by atoms with van der Waals surface area (Å²) in [5.74, 6) is -0.291. The van der Waals surface area contributed by atoms with Gasteiger partial charge in [-0.05, 0) is 31.0 Å². The highest BCUT2D eigenvalue weighted by atomic mass is 19.1. The summed E-state index contributed by atoms with van der Waals surface area (Å²) in [6.45, 7) is 4.75. The van der Waals surface area contributed by atoms with Crippen LogP contribution < -0.4 is 5.32 Å². The minimum absolute atomic E-state index is 0.291. The van der Waals surface area contributed by atoms with Crippen molar-refractivity contribution in [2.24, 2.45) is 0 Å². The maximum absolute atomic E-state index is 12.7. The molecule has 0 spiro atoms. The van der Waals surface area contributed by atoms with Crippen molar-refractivity contribution in [3.8, 4) is 6.07 Å². The molecular formula is C13H15FN2. The Morgan fingerprint density at radius 3 is 2.50 bits per heavy atom. The molecule has 0 amide bonds. The summed E-state index contributed by atoms with van der Waals surface area (Å²) in [6.07, 6.45) is 0.999. The number of nitrogens with one attached hydrogen (secondary N) is 1. The van der Waals surface area contributed by atoms with Gasteiger partial charge in [0, 0.05) is 12.2 Å². The first-order valence-corrected chi connectivity index (χ1v) is 5.29. The van der Waals surface area contributed by atoms with Crippen molar-refractivity contribution in [1.29, 1.82) is 5.26 Å². The van der Waals surface area contributed by atoms with E-state index in [0.717, 1.165) is 24.2 Å². The highest BCUT2D eigenvalue weighted by molar-refractivity contribution is 5.78. The van der Waals surface area contributed by atoms with Gasteiger partial charge in [0.25, 0.3) is 0 Å². The predicted octanol–water partition coefficient (Wildman–Crippen LogP) is 3.08. The van der Waals surface area contributed by atoms with E-state index in [1.807, 2.05) is 6.92 Å². The summed E-state index contributed by atoms with van der Waals surface area (Å²) in [5, 5.41) is 12.2. The number of allylic oxidation sites excluding steroid dienone is 2. The lowest BCUT2D eigenvalue weighted by atomic mass is 10.1. The molecule has 0 aliphatic rings. The van der Waals surface area contributed by atoms with Gasteiger partial charge in [-0.1, -0.05) is 19.1 Å². The molecule has 2 nitrogen and oxygen atoms in total. The van der Waals surface area contributed by atoms with Gasteiger partial charge in [0.15, 0.2) is 0 Å². The fourth-order valence-electron chi connectivity index (χ4n) is 1.38. The molecule has 0 radical (unpaired) electrons. The molecule has 16 heavy (non-hydrogen) atoms. The predicted molar refractivity (Wildman–Crippen MR) is 62.9 cm³/mol. The molecule has 1 N–H and O–H groups in total. The van der Waals surface area contributed by atoms with E-state index in [4.69, 9.17) is 5.26 Å². The quantitative estimate of drug-likeness (QED) is 0.788. The van der Waals surface area contributed by atoms with Crippen molar-refractivity contribution >= 4 is 5.57 Å². The maximum Gasteiger partial charge on any atom is 0.123 e. The molecule has 0 unspecified atom stereocenters. The zero-order valence-electron chi connectivity index (χ0n) is 9.55. The highest BCUT2D eigenvalue weighted by Crippen LogP contribution is 2.16. The molecule has 0 aliphatic heterocycles. The van der Waals surface area contributed by atoms with Crippen LogP contribution >= 0.6 is 0 Å². The number of nitriles is 1. The van der Waals surface area contributed by atoms with Crippen molar-refractivity contribution in [3.63, 3.8) is 0 Å². The first kappa shape index (κ1) is 12.3. The number of rotatable bonds is 4. The second-order valence-electron chi connectivity index (χ2n) is 3.55. The fraction of sp³-hybridized carbons (Fsp3) is 0.308. The topological polar surface area (TPSA) is 35.8 Å². The number of benzene rings is 1. The van der Waals surface area contributed by atoms with Gasteiger partial charge in [-0.3, -0.25) is 0 Å². The molecule has 0 saturated carbocycles. The number of hydrogen-bond acceptors (Lipinski definition) is 2. The number of halogens is 1. The monoisotopic (exact) mass is 218 g/mol. The molecule has 0 saturated heterocycles. The summed E-state index contributed by atoms with van der Waals surface area (Å²) >= 11 is 0. The van der Waals surface area contributed by atoms with E-state index in [2.05, 4.69) is 18.3 Å². The first-order chi connectivity index (χ1) is 7.69. The standard InChI is InChI=1S/C13H15FN2/c1-3-8-16-10(2)13(9-15)11-4-6-12(14)7-5-11/h4-7,16H,3,8H2,1-2H3/b13-10+. The lowest BCUT2D eigenvalue weighted by Gasteiger charge is -2.08. The molecule has 1 aromatic rings. The van der Waals surface area contributed by atoms with Crippen molar-refractivity contribution in [1.82, 2.24) is 5.32 Å². The van der Waals surface area contributed by atoms with E-state index in [0.29, 0.717) is 5.57 Å². The normalized spacial score (nSPS) is 11.6. The Balaban J connectivity index is 2.98. The van der Waals surface area contributed by atoms with E-state index >= 15 is 0 Å². The second-order valence-corrected chi connectivity index (χ2v) is 3.55. The van der Waals surface area contributed by atoms with Crippen LogP contribution in [0.2, 0.25) is 0 Å². The van der Waals surface area contributed by atoms with Gasteiger partial charge in [0.2, 0.25) is 0 Å². The summed E-state index contributed by atoms with van der Waals surface area (Å²) in [5.41, 5.74) is 2.13. The SMILES string of the molecule is CCCN/C(C)=C(\C#N)c1ccc(F)cc1. The van der Waals surface area contributed by atoms with Gasteiger partial charge in [0.05, 0.1) is 5.57 Å². The van der Waals surface area contributed by atoms with Crippen molar-refractivity contribution in [2.45, 2.75) is 20.3 Å². The summed E-state index contributed by atoms with van der Waals surface area (Å²) in [6, 6.07) is 8.10. The Hall–Kier alpha value is -1.82. The maximum atomic E-state index is 12.7. The van der Waals surface area contributed by atoms with Crippen LogP contribution in [0.15, 0.2) is 30.0 Å². The third kappa shape index (κ3) is 3.09. The molecule has 0 aliphatic carbocycles. The third-order valence-corrected chi connectivity index (χ3v) is 2.26. The third-order valence-electron chi connectivity index (χ3n) is 2.26. The van der Waals surface area contributed by atoms with Crippen LogP contribution in [-0.4, -0.2) is 6.54 Å². The van der Waals surface area contributed by atoms with E-state index in [1.165, 1.54) is 12.1 Å². The number of hydrogen-bond donors (Lipinski definition) is 1. The van der Waals surface area contributed by atoms with Crippen LogP contribution in [-0.2, 0) is 0 Å². The Bertz CT molecular complexity index is 413. The van der Waals surface area contributed by atoms with Crippen LogP contribution in [0, 0.1) is 17.1 Å². The van der Waals surface area contributed by atoms with Crippen LogP contribution in [0.5, 0.6) is 0 Å². The largest absolute Gasteiger partial charge is 0.388 e. The minimum Gasteiger partial charge on any atom is -0.388 e. The zero-order chi connectivity index (χ0) is 12.0. The van der Waals surface area contributed by atoms with E-state index < -0.39 is 0 Å². The van der Waals surface area contributed by atoms with Crippen molar-refractivity contribution < 1.29 is 4.39 Å². The Kier molecular flexibility index (Phi) is 4.53. The molecule has 84 valence electrons. The second kappa shape index (κ2) is 5.92. The van der Waals surface area contributed by atoms with Gasteiger partial charge in [-0.25, -0.2) is 4.39 Å². The van der Waals surface area contributed by atoms with Gasteiger partial charge in [-0.2, -0.15) is 5.26 Å². The molecule has 0 aromatic heterocycles. The van der Waals surface area contributed by atoms with E-state index in [9.17, 15) is 4.39 Å². The van der Waals surface area contributed by atoms with Crippen molar-refractivity contribution in [3.05, 3.63) is 41.3 Å². The van der Waals surface area contributed by atoms with E-state index in [-0.39, 0.29) is 5.82 Å². The smallest absolute Gasteiger partial charge is 0.123 e. The zero-order valence-corrected chi connectivity index (χ0v) is 9.55. The summed E-state index contributed by atoms with van der Waals surface area (Å²) < 4.78 is 12.7. The van der Waals surface area contributed by atoms with Gasteiger partial charge < -0.3 is 5.32 Å². The molecule has 0 bridgehead atoms. The summed E-state index contributed by atoms with van der Waals surface area (Å²) in [7, 11) is 0. The Labute approximate surface area is 95.4 Å². The average molecular weight is 218 g/mol. The molecule has 0 fully saturated rings. The van der Waals surface area contributed by atoms with Gasteiger partial charge in [0.1, 0.15) is 11.9 Å². The molecule has 1 rings (SSSR count). The highest BCUT2D eigenvalue weighted by Gasteiger charge is 2.04. The first-order valence-electron chi connectivity index (χ1n) is 5.29. The van der Waals surface area contributed by atoms with Crippen LogP contribution in [0.25, 0.3) is 5.57 Å². The molecule has 0 heterocycles. The Morgan fingerprint density at radius 1 is 1.38 bits per heavy atom. The molecular weight excluding hydrogens is 203 g/mol. The fourth-order valence-corrected chi connectivity index (χ4v) is 1.38. The van der Waals surface area contributed by atoms with Crippen LogP contribution in [0.3, 0.4) is 0 Å². The number of nitrogens with zero attached hydrogens (tertiary/aromatic N) is 1. The summed E-state index contributed by atoms with van der Waals surface area (Å²) in [4.78, 5) is 0. The molecule has 3 heteroatoms. The minimum atomic E-state index is -0.291. The van der Waals surface area contributed by atoms with Gasteiger partial charge in [-0.15, -0.1) is 0 Å². The van der Waals surface area contributed by atoms with Crippen LogP contribution in [0.4, 0.5) is 4.39 Å². The van der Waals surface area contributed by atoms with E-state index in [1.54, 1.807) is 12.1 Å². The lowest BCUT2D eigenvalue weighted by molar-refractivity contribution is 0.627. The van der Waals surface area contributed by atoms with Crippen molar-refractivity contribution in [2.75, 3.05) is 6.54 Å². The molecule has 1 aromatic carbocycles. The Morgan fingerprint density at radius 2 is 2.00 bits per heavy atom. The van der Waals surface area contributed by atoms with Gasteiger partial charge >= 0.3 is 0 Å². The average Bonchev–Trinajstić information content (AvgIpc) is 2.30. The van der Waals surface area contributed by atoms with Crippen LogP contribution in [0.1, 0.15) is 25.8 Å². The lowest BCUT2D eigenvalue weighted by Crippen LogP contribution is -2.13.